The van der Waals surface area contributed by atoms with Gasteiger partial charge in [-0.1, -0.05) is 23.5 Å². The molecule has 0 radical (unpaired) electrons. The second kappa shape index (κ2) is 8.68. The molecule has 162 valence electrons. The minimum absolute atomic E-state index is 0.0223. The Kier molecular flexibility index (Phi) is 5.59. The summed E-state index contributed by atoms with van der Waals surface area (Å²) in [5.74, 6) is 1.10. The van der Waals surface area contributed by atoms with Crippen LogP contribution in [-0.4, -0.2) is 21.8 Å². The number of nitrogens with one attached hydrogen (secondary N) is 2. The summed E-state index contributed by atoms with van der Waals surface area (Å²) in [5.41, 5.74) is 2.29. The van der Waals surface area contributed by atoms with Gasteiger partial charge in [-0.25, -0.2) is 9.97 Å². The first kappa shape index (κ1) is 20.6. The highest BCUT2D eigenvalue weighted by Gasteiger charge is 2.30. The van der Waals surface area contributed by atoms with E-state index in [0.717, 1.165) is 23.3 Å². The Morgan fingerprint density at radius 3 is 2.78 bits per heavy atom. The van der Waals surface area contributed by atoms with E-state index in [2.05, 4.69) is 20.6 Å². The number of aromatic nitrogens is 2. The maximum Gasteiger partial charge on any atom is 0.229 e. The Bertz CT molecular complexity index is 1300. The van der Waals surface area contributed by atoms with E-state index < -0.39 is 0 Å². The first-order valence-electron chi connectivity index (χ1n) is 10.2. The molecule has 9 heteroatoms. The maximum absolute atomic E-state index is 12.3. The smallest absolute Gasteiger partial charge is 0.229 e. The van der Waals surface area contributed by atoms with Crippen molar-refractivity contribution in [2.45, 2.75) is 26.2 Å². The van der Waals surface area contributed by atoms with Crippen LogP contribution in [0.3, 0.4) is 0 Å². The minimum atomic E-state index is -0.0766. The maximum atomic E-state index is 12.3. The number of fused-ring (bicyclic) bond motifs is 1. The van der Waals surface area contributed by atoms with Gasteiger partial charge in [0.1, 0.15) is 16.1 Å². The van der Waals surface area contributed by atoms with E-state index in [1.807, 2.05) is 42.6 Å². The van der Waals surface area contributed by atoms with Crippen LogP contribution in [0.1, 0.15) is 23.3 Å². The van der Waals surface area contributed by atoms with Crippen molar-refractivity contribution in [1.29, 1.82) is 0 Å². The van der Waals surface area contributed by atoms with Gasteiger partial charge in [0, 0.05) is 28.6 Å². The average Bonchev–Trinajstić information content (AvgIpc) is 3.36. The second-order valence-corrected chi connectivity index (χ2v) is 9.65. The number of carbonyl (C=O) groups is 2. The van der Waals surface area contributed by atoms with Crippen LogP contribution in [-0.2, 0) is 16.0 Å². The van der Waals surface area contributed by atoms with Gasteiger partial charge >= 0.3 is 0 Å². The molecule has 1 aliphatic carbocycles. The third-order valence-electron chi connectivity index (χ3n) is 5.01. The average molecular weight is 465 g/mol. The van der Waals surface area contributed by atoms with Crippen LogP contribution in [0.4, 0.5) is 10.8 Å². The number of aryl methyl sites for hydroxylation is 1. The largest absolute Gasteiger partial charge is 0.439 e. The number of rotatable bonds is 7. The highest BCUT2D eigenvalue weighted by molar-refractivity contribution is 7.22. The Morgan fingerprint density at radius 1 is 1.12 bits per heavy atom. The number of hydrogen-bond acceptors (Lipinski definition) is 7. The summed E-state index contributed by atoms with van der Waals surface area (Å²) in [5, 5.41) is 8.28. The van der Waals surface area contributed by atoms with Gasteiger partial charge in [0.25, 0.3) is 0 Å². The molecule has 0 unspecified atom stereocenters. The third-order valence-corrected chi connectivity index (χ3v) is 6.77. The Balaban J connectivity index is 1.29. The van der Waals surface area contributed by atoms with Crippen molar-refractivity contribution in [3.05, 3.63) is 58.3 Å². The lowest BCUT2D eigenvalue weighted by Gasteiger charge is -2.11. The SMILES string of the molecule is Cc1ccc(NC(=O)Cc2cccs2)cc1Oc1ccc2nc(NC(=O)C3CC3)sc2n1. The van der Waals surface area contributed by atoms with E-state index in [1.165, 1.54) is 11.3 Å². The van der Waals surface area contributed by atoms with Gasteiger partial charge in [-0.15, -0.1) is 11.3 Å². The number of anilines is 2. The molecule has 0 bridgehead atoms. The van der Waals surface area contributed by atoms with Crippen molar-refractivity contribution in [3.8, 4) is 11.6 Å². The van der Waals surface area contributed by atoms with Gasteiger partial charge in [-0.3, -0.25) is 9.59 Å². The molecule has 5 rings (SSSR count). The molecule has 1 aliphatic rings. The van der Waals surface area contributed by atoms with Crippen LogP contribution in [0.2, 0.25) is 0 Å². The molecule has 0 aliphatic heterocycles. The molecule has 2 amide bonds. The zero-order valence-electron chi connectivity index (χ0n) is 17.3. The predicted molar refractivity (Wildman–Crippen MR) is 127 cm³/mol. The summed E-state index contributed by atoms with van der Waals surface area (Å²) in [6, 6.07) is 13.0. The van der Waals surface area contributed by atoms with Crippen LogP contribution in [0.15, 0.2) is 47.8 Å². The Labute approximate surface area is 192 Å². The zero-order valence-corrected chi connectivity index (χ0v) is 18.9. The summed E-state index contributed by atoms with van der Waals surface area (Å²) >= 11 is 2.88. The number of ether oxygens (including phenoxy) is 1. The number of pyridine rings is 1. The van der Waals surface area contributed by atoms with Gasteiger partial charge in [0.15, 0.2) is 5.13 Å². The van der Waals surface area contributed by atoms with E-state index in [4.69, 9.17) is 4.74 Å². The van der Waals surface area contributed by atoms with Crippen molar-refractivity contribution < 1.29 is 14.3 Å². The van der Waals surface area contributed by atoms with E-state index in [-0.39, 0.29) is 17.7 Å². The standard InChI is InChI=1S/C23H20N4O3S2/c1-13-4-7-15(24-19(28)12-16-3-2-10-31-16)11-18(13)30-20-9-8-17-22(26-20)32-23(25-17)27-21(29)14-5-6-14/h2-4,7-11,14H,5-6,12H2,1H3,(H,24,28)(H,25,27,29). The lowest BCUT2D eigenvalue weighted by atomic mass is 10.2. The molecular formula is C23H20N4O3S2. The van der Waals surface area contributed by atoms with Crippen LogP contribution in [0, 0.1) is 12.8 Å². The summed E-state index contributed by atoms with van der Waals surface area (Å²) in [4.78, 5) is 35.0. The molecule has 0 saturated heterocycles. The number of thiazole rings is 1. The number of amides is 2. The van der Waals surface area contributed by atoms with Crippen LogP contribution in [0.5, 0.6) is 11.6 Å². The molecule has 3 aromatic heterocycles. The molecule has 1 fully saturated rings. The lowest BCUT2D eigenvalue weighted by Crippen LogP contribution is -2.13. The van der Waals surface area contributed by atoms with E-state index in [0.29, 0.717) is 39.2 Å². The van der Waals surface area contributed by atoms with Gasteiger partial charge < -0.3 is 15.4 Å². The molecule has 7 nitrogen and oxygen atoms in total. The van der Waals surface area contributed by atoms with Crippen molar-refractivity contribution >= 4 is 55.7 Å². The van der Waals surface area contributed by atoms with Crippen molar-refractivity contribution in [3.63, 3.8) is 0 Å². The van der Waals surface area contributed by atoms with Crippen molar-refractivity contribution in [2.75, 3.05) is 10.6 Å². The minimum Gasteiger partial charge on any atom is -0.439 e. The first-order chi connectivity index (χ1) is 15.5. The van der Waals surface area contributed by atoms with Gasteiger partial charge in [0.05, 0.1) is 6.42 Å². The molecule has 3 heterocycles. The Morgan fingerprint density at radius 2 is 2.00 bits per heavy atom. The van der Waals surface area contributed by atoms with Crippen molar-refractivity contribution in [1.82, 2.24) is 9.97 Å². The molecule has 0 spiro atoms. The Hall–Kier alpha value is -3.30. The molecule has 4 aromatic rings. The molecule has 0 atom stereocenters. The molecule has 2 N–H and O–H groups in total. The van der Waals surface area contributed by atoms with Crippen molar-refractivity contribution in [2.24, 2.45) is 5.92 Å². The fraction of sp³-hybridized carbons (Fsp3) is 0.217. The number of nitrogens with zero attached hydrogens (tertiary/aromatic N) is 2. The van der Waals surface area contributed by atoms with E-state index in [1.54, 1.807) is 23.5 Å². The van der Waals surface area contributed by atoms with Gasteiger partial charge in [-0.05, 0) is 48.9 Å². The topological polar surface area (TPSA) is 93.2 Å². The number of carbonyl (C=O) groups excluding carboxylic acids is 2. The normalized spacial score (nSPS) is 13.2. The second-order valence-electron chi connectivity index (χ2n) is 7.64. The quantitative estimate of drug-likeness (QED) is 0.383. The van der Waals surface area contributed by atoms with Gasteiger partial charge in [-0.2, -0.15) is 0 Å². The van der Waals surface area contributed by atoms with Crippen LogP contribution in [0.25, 0.3) is 10.3 Å². The summed E-state index contributed by atoms with van der Waals surface area (Å²) in [6.07, 6.45) is 2.23. The summed E-state index contributed by atoms with van der Waals surface area (Å²) in [6.45, 7) is 1.93. The highest BCUT2D eigenvalue weighted by Crippen LogP contribution is 2.33. The molecule has 1 saturated carbocycles. The monoisotopic (exact) mass is 464 g/mol. The highest BCUT2D eigenvalue weighted by atomic mass is 32.1. The lowest BCUT2D eigenvalue weighted by molar-refractivity contribution is -0.117. The predicted octanol–water partition coefficient (Wildman–Crippen LogP) is 5.38. The summed E-state index contributed by atoms with van der Waals surface area (Å²) in [7, 11) is 0. The third kappa shape index (κ3) is 4.79. The summed E-state index contributed by atoms with van der Waals surface area (Å²) < 4.78 is 6.02. The first-order valence-corrected chi connectivity index (χ1v) is 11.9. The van der Waals surface area contributed by atoms with Gasteiger partial charge in [0.2, 0.25) is 17.7 Å². The number of hydrogen-bond donors (Lipinski definition) is 2. The van der Waals surface area contributed by atoms with E-state index >= 15 is 0 Å². The number of benzene rings is 1. The molecule has 1 aromatic carbocycles. The molecular weight excluding hydrogens is 444 g/mol. The molecule has 32 heavy (non-hydrogen) atoms. The van der Waals surface area contributed by atoms with Crippen LogP contribution < -0.4 is 15.4 Å². The zero-order chi connectivity index (χ0) is 22.1. The fourth-order valence-corrected chi connectivity index (χ4v) is 4.68. The fourth-order valence-electron chi connectivity index (χ4n) is 3.14. The van der Waals surface area contributed by atoms with E-state index in [9.17, 15) is 9.59 Å². The number of thiophene rings is 1. The van der Waals surface area contributed by atoms with Crippen LogP contribution >= 0.6 is 22.7 Å².